The smallest absolute Gasteiger partial charge is 0.249 e. The van der Waals surface area contributed by atoms with Crippen LogP contribution in [0, 0.1) is 11.7 Å². The van der Waals surface area contributed by atoms with E-state index in [1.54, 1.807) is 18.3 Å². The lowest BCUT2D eigenvalue weighted by atomic mass is 9.98. The van der Waals surface area contributed by atoms with Crippen LogP contribution in [0.3, 0.4) is 0 Å². The molecule has 1 aliphatic heterocycles. The molecule has 1 aliphatic rings. The first-order valence-corrected chi connectivity index (χ1v) is 10.8. The zero-order chi connectivity index (χ0) is 19.8. The minimum atomic E-state index is -3.63. The van der Waals surface area contributed by atoms with E-state index >= 15 is 0 Å². The number of hydrogen-bond donors (Lipinski definition) is 1. The van der Waals surface area contributed by atoms with Crippen molar-refractivity contribution in [2.24, 2.45) is 5.92 Å². The van der Waals surface area contributed by atoms with E-state index in [0.717, 1.165) is 11.9 Å². The quantitative estimate of drug-likeness (QED) is 0.863. The molecule has 1 aromatic heterocycles. The fraction of sp³-hybridized carbons (Fsp3) is 0.421. The summed E-state index contributed by atoms with van der Waals surface area (Å²) in [6, 6.07) is 7.83. The van der Waals surface area contributed by atoms with Gasteiger partial charge in [0, 0.05) is 55.6 Å². The Morgan fingerprint density at radius 3 is 2.52 bits per heavy atom. The fourth-order valence-electron chi connectivity index (χ4n) is 3.52. The minimum Gasteiger partial charge on any atom is -0.368 e. The molecule has 1 saturated heterocycles. The highest BCUT2D eigenvalue weighted by molar-refractivity contribution is 7.90. The standard InChI is InChI=1S/C19H24FN3O3S/c1-13(2)17-12-22(8-9-23(17)15-6-7-21-19(24)11-15)14-4-5-16(20)18(10-14)27(3,25)26/h4-7,10-11,13,17H,8-9,12H2,1-3H3,(H,21,24)/t17-/m0/s1. The number of nitrogens with zero attached hydrogens (tertiary/aromatic N) is 2. The van der Waals surface area contributed by atoms with E-state index in [0.29, 0.717) is 31.2 Å². The van der Waals surface area contributed by atoms with Crippen LogP contribution in [0.15, 0.2) is 46.2 Å². The van der Waals surface area contributed by atoms with Crippen LogP contribution in [0.4, 0.5) is 15.8 Å². The van der Waals surface area contributed by atoms with Crippen molar-refractivity contribution < 1.29 is 12.8 Å². The van der Waals surface area contributed by atoms with Crippen LogP contribution in [0.25, 0.3) is 0 Å². The molecule has 2 aromatic rings. The van der Waals surface area contributed by atoms with Gasteiger partial charge in [-0.15, -0.1) is 0 Å². The van der Waals surface area contributed by atoms with E-state index < -0.39 is 15.7 Å². The molecule has 0 spiro atoms. The normalized spacial score (nSPS) is 18.2. The van der Waals surface area contributed by atoms with E-state index in [4.69, 9.17) is 0 Å². The molecule has 0 unspecified atom stereocenters. The molecule has 8 heteroatoms. The number of benzene rings is 1. The predicted molar refractivity (Wildman–Crippen MR) is 105 cm³/mol. The van der Waals surface area contributed by atoms with Crippen molar-refractivity contribution in [3.8, 4) is 0 Å². The summed E-state index contributed by atoms with van der Waals surface area (Å²) in [7, 11) is -3.63. The van der Waals surface area contributed by atoms with Crippen LogP contribution in [0.5, 0.6) is 0 Å². The summed E-state index contributed by atoms with van der Waals surface area (Å²) in [6.07, 6.45) is 2.65. The summed E-state index contributed by atoms with van der Waals surface area (Å²) in [5, 5.41) is 0. The van der Waals surface area contributed by atoms with Crippen molar-refractivity contribution in [2.75, 3.05) is 35.7 Å². The molecular weight excluding hydrogens is 369 g/mol. The number of halogens is 1. The third-order valence-corrected chi connectivity index (χ3v) is 6.07. The zero-order valence-corrected chi connectivity index (χ0v) is 16.5. The number of rotatable bonds is 4. The van der Waals surface area contributed by atoms with Crippen molar-refractivity contribution in [1.82, 2.24) is 4.98 Å². The van der Waals surface area contributed by atoms with Gasteiger partial charge in [-0.2, -0.15) is 0 Å². The molecular formula is C19H24FN3O3S. The van der Waals surface area contributed by atoms with E-state index in [2.05, 4.69) is 28.6 Å². The predicted octanol–water partition coefficient (Wildman–Crippen LogP) is 2.27. The van der Waals surface area contributed by atoms with Crippen molar-refractivity contribution in [2.45, 2.75) is 24.8 Å². The number of anilines is 2. The number of H-pyrrole nitrogens is 1. The van der Waals surface area contributed by atoms with Crippen LogP contribution < -0.4 is 15.4 Å². The largest absolute Gasteiger partial charge is 0.368 e. The molecule has 27 heavy (non-hydrogen) atoms. The van der Waals surface area contributed by atoms with Gasteiger partial charge in [0.2, 0.25) is 5.56 Å². The molecule has 0 bridgehead atoms. The van der Waals surface area contributed by atoms with Gasteiger partial charge in [-0.1, -0.05) is 13.8 Å². The number of hydrogen-bond acceptors (Lipinski definition) is 5. The average Bonchev–Trinajstić information content (AvgIpc) is 2.60. The van der Waals surface area contributed by atoms with Gasteiger partial charge >= 0.3 is 0 Å². The van der Waals surface area contributed by atoms with Crippen molar-refractivity contribution >= 4 is 21.2 Å². The summed E-state index contributed by atoms with van der Waals surface area (Å²) in [5.74, 6) is -0.425. The molecule has 0 aliphatic carbocycles. The molecule has 0 radical (unpaired) electrons. The Labute approximate surface area is 158 Å². The Hall–Kier alpha value is -2.35. The number of aromatic nitrogens is 1. The van der Waals surface area contributed by atoms with Crippen LogP contribution in [0.2, 0.25) is 0 Å². The van der Waals surface area contributed by atoms with Crippen molar-refractivity contribution in [3.63, 3.8) is 0 Å². The fourth-order valence-corrected chi connectivity index (χ4v) is 4.28. The monoisotopic (exact) mass is 393 g/mol. The number of aromatic amines is 1. The van der Waals surface area contributed by atoms with E-state index in [9.17, 15) is 17.6 Å². The van der Waals surface area contributed by atoms with Gasteiger partial charge in [0.25, 0.3) is 0 Å². The van der Waals surface area contributed by atoms with Gasteiger partial charge < -0.3 is 14.8 Å². The molecule has 1 atom stereocenters. The first-order valence-electron chi connectivity index (χ1n) is 8.87. The molecule has 1 aromatic carbocycles. The highest BCUT2D eigenvalue weighted by atomic mass is 32.2. The molecule has 6 nitrogen and oxygen atoms in total. The van der Waals surface area contributed by atoms with Gasteiger partial charge in [-0.05, 0) is 30.2 Å². The third-order valence-electron chi connectivity index (χ3n) is 4.96. The third kappa shape index (κ3) is 4.16. The Kier molecular flexibility index (Phi) is 5.28. The zero-order valence-electron chi connectivity index (χ0n) is 15.6. The lowest BCUT2D eigenvalue weighted by Gasteiger charge is -2.45. The average molecular weight is 393 g/mol. The molecule has 1 N–H and O–H groups in total. The van der Waals surface area contributed by atoms with Gasteiger partial charge in [0.15, 0.2) is 9.84 Å². The maximum absolute atomic E-state index is 13.9. The number of piperazine rings is 1. The molecule has 2 heterocycles. The summed E-state index contributed by atoms with van der Waals surface area (Å²) >= 11 is 0. The number of nitrogens with one attached hydrogen (secondary N) is 1. The first kappa shape index (κ1) is 19.4. The van der Waals surface area contributed by atoms with Crippen LogP contribution in [-0.4, -0.2) is 45.3 Å². The first-order chi connectivity index (χ1) is 12.7. The molecule has 1 fully saturated rings. The van der Waals surface area contributed by atoms with Gasteiger partial charge in [0.1, 0.15) is 10.7 Å². The lowest BCUT2D eigenvalue weighted by Crippen LogP contribution is -2.55. The lowest BCUT2D eigenvalue weighted by molar-refractivity contribution is 0.418. The van der Waals surface area contributed by atoms with E-state index in [-0.39, 0.29) is 16.5 Å². The molecule has 3 rings (SSSR count). The summed E-state index contributed by atoms with van der Waals surface area (Å²) in [4.78, 5) is 18.3. The second-order valence-corrected chi connectivity index (χ2v) is 9.23. The number of pyridine rings is 1. The minimum absolute atomic E-state index is 0.132. The van der Waals surface area contributed by atoms with Gasteiger partial charge in [-0.3, -0.25) is 4.79 Å². The van der Waals surface area contributed by atoms with Gasteiger partial charge in [-0.25, -0.2) is 12.8 Å². The molecule has 146 valence electrons. The van der Waals surface area contributed by atoms with Crippen molar-refractivity contribution in [1.29, 1.82) is 0 Å². The van der Waals surface area contributed by atoms with Crippen LogP contribution >= 0.6 is 0 Å². The summed E-state index contributed by atoms with van der Waals surface area (Å²) in [6.45, 7) is 6.20. The topological polar surface area (TPSA) is 73.5 Å². The highest BCUT2D eigenvalue weighted by Gasteiger charge is 2.30. The second-order valence-electron chi connectivity index (χ2n) is 7.25. The maximum atomic E-state index is 13.9. The number of sulfone groups is 1. The SMILES string of the molecule is CC(C)[C@@H]1CN(c2ccc(F)c(S(C)(=O)=O)c2)CCN1c1cc[nH]c(=O)c1. The Bertz CT molecular complexity index is 988. The van der Waals surface area contributed by atoms with Crippen molar-refractivity contribution in [3.05, 3.63) is 52.7 Å². The molecule has 0 saturated carbocycles. The Morgan fingerprint density at radius 1 is 1.15 bits per heavy atom. The van der Waals surface area contributed by atoms with Gasteiger partial charge in [0.05, 0.1) is 0 Å². The summed E-state index contributed by atoms with van der Waals surface area (Å²) in [5.41, 5.74) is 1.41. The van der Waals surface area contributed by atoms with Crippen LogP contribution in [0.1, 0.15) is 13.8 Å². The van der Waals surface area contributed by atoms with E-state index in [1.807, 2.05) is 6.07 Å². The Balaban J connectivity index is 1.90. The highest BCUT2D eigenvalue weighted by Crippen LogP contribution is 2.28. The summed E-state index contributed by atoms with van der Waals surface area (Å²) < 4.78 is 37.6. The molecule has 0 amide bonds. The van der Waals surface area contributed by atoms with Crippen LogP contribution in [-0.2, 0) is 9.84 Å². The van der Waals surface area contributed by atoms with E-state index in [1.165, 1.54) is 12.1 Å². The Morgan fingerprint density at radius 2 is 1.89 bits per heavy atom. The maximum Gasteiger partial charge on any atom is 0.249 e. The second kappa shape index (κ2) is 7.34.